The molecule has 4 nitrogen and oxygen atoms in total. The Balaban J connectivity index is 2.53. The molecule has 2 aromatic carbocycles. The van der Waals surface area contributed by atoms with Crippen molar-refractivity contribution in [1.29, 1.82) is 0 Å². The second-order valence-electron chi connectivity index (χ2n) is 4.42. The average molecular weight is 289 g/mol. The Morgan fingerprint density at radius 3 is 2.50 bits per heavy atom. The van der Waals surface area contributed by atoms with E-state index in [-0.39, 0.29) is 4.90 Å². The van der Waals surface area contributed by atoms with Crippen molar-refractivity contribution in [3.63, 3.8) is 0 Å². The van der Waals surface area contributed by atoms with Gasteiger partial charge in [-0.1, -0.05) is 36.9 Å². The van der Waals surface area contributed by atoms with Gasteiger partial charge in [0.1, 0.15) is 0 Å². The van der Waals surface area contributed by atoms with Gasteiger partial charge in [0.2, 0.25) is 0 Å². The van der Waals surface area contributed by atoms with Crippen LogP contribution >= 0.6 is 0 Å². The van der Waals surface area contributed by atoms with Crippen LogP contribution in [0, 0.1) is 0 Å². The van der Waals surface area contributed by atoms with Gasteiger partial charge in [-0.2, -0.15) is 8.42 Å². The first-order chi connectivity index (χ1) is 9.41. The molecule has 0 aliphatic heterocycles. The van der Waals surface area contributed by atoms with E-state index in [1.165, 1.54) is 12.1 Å². The maximum atomic E-state index is 11.4. The predicted molar refractivity (Wildman–Crippen MR) is 80.0 cm³/mol. The second kappa shape index (κ2) is 5.48. The van der Waals surface area contributed by atoms with Crippen LogP contribution < -0.4 is 5.73 Å². The maximum Gasteiger partial charge on any atom is 0.294 e. The molecule has 0 amide bonds. The Morgan fingerprint density at radius 1 is 1.15 bits per heavy atom. The summed E-state index contributed by atoms with van der Waals surface area (Å²) in [6.07, 6.45) is 2.05. The first-order valence-electron chi connectivity index (χ1n) is 5.98. The lowest BCUT2D eigenvalue weighted by Gasteiger charge is -2.10. The molecule has 0 fully saturated rings. The molecule has 0 heterocycles. The van der Waals surface area contributed by atoms with Gasteiger partial charge >= 0.3 is 0 Å². The predicted octanol–water partition coefficient (Wildman–Crippen LogP) is 2.75. The standard InChI is InChI=1S/C15H15NO3S/c1-2-11-5-3-4-6-12(11)9-13-10-14(16)7-8-15(13)20(17,18)19/h2-8,10H,1,9,16H2,(H,17,18,19). The van der Waals surface area contributed by atoms with E-state index in [2.05, 4.69) is 6.58 Å². The highest BCUT2D eigenvalue weighted by atomic mass is 32.2. The summed E-state index contributed by atoms with van der Waals surface area (Å²) in [5, 5.41) is 0. The molecule has 0 spiro atoms. The van der Waals surface area contributed by atoms with Crippen LogP contribution in [-0.4, -0.2) is 13.0 Å². The van der Waals surface area contributed by atoms with Crippen molar-refractivity contribution in [3.05, 3.63) is 65.7 Å². The van der Waals surface area contributed by atoms with Crippen molar-refractivity contribution in [2.24, 2.45) is 0 Å². The minimum absolute atomic E-state index is 0.120. The second-order valence-corrected chi connectivity index (χ2v) is 5.81. The summed E-state index contributed by atoms with van der Waals surface area (Å²) in [5.41, 5.74) is 8.43. The highest BCUT2D eigenvalue weighted by Gasteiger charge is 2.16. The van der Waals surface area contributed by atoms with Gasteiger partial charge in [0.25, 0.3) is 10.1 Å². The third kappa shape index (κ3) is 3.07. The van der Waals surface area contributed by atoms with E-state index in [0.717, 1.165) is 11.1 Å². The van der Waals surface area contributed by atoms with Crippen LogP contribution in [0.3, 0.4) is 0 Å². The van der Waals surface area contributed by atoms with Crippen molar-refractivity contribution < 1.29 is 13.0 Å². The minimum Gasteiger partial charge on any atom is -0.399 e. The third-order valence-corrected chi connectivity index (χ3v) is 3.97. The molecule has 0 radical (unpaired) electrons. The van der Waals surface area contributed by atoms with Gasteiger partial charge in [0.15, 0.2) is 0 Å². The highest BCUT2D eigenvalue weighted by molar-refractivity contribution is 7.85. The van der Waals surface area contributed by atoms with E-state index in [0.29, 0.717) is 17.7 Å². The zero-order valence-corrected chi connectivity index (χ0v) is 11.6. The Hall–Kier alpha value is -2.11. The van der Waals surface area contributed by atoms with E-state index in [9.17, 15) is 13.0 Å². The molecule has 20 heavy (non-hydrogen) atoms. The van der Waals surface area contributed by atoms with Gasteiger partial charge in [-0.05, 0) is 41.3 Å². The summed E-state index contributed by atoms with van der Waals surface area (Å²) in [6.45, 7) is 3.73. The summed E-state index contributed by atoms with van der Waals surface area (Å²) >= 11 is 0. The van der Waals surface area contributed by atoms with Gasteiger partial charge in [-0.3, -0.25) is 4.55 Å². The molecule has 2 rings (SSSR count). The van der Waals surface area contributed by atoms with Crippen LogP contribution in [0.2, 0.25) is 0 Å². The van der Waals surface area contributed by atoms with E-state index >= 15 is 0 Å². The van der Waals surface area contributed by atoms with Crippen LogP contribution in [0.25, 0.3) is 6.08 Å². The van der Waals surface area contributed by atoms with Crippen LogP contribution in [0.5, 0.6) is 0 Å². The van der Waals surface area contributed by atoms with E-state index in [1.807, 2.05) is 24.3 Å². The lowest BCUT2D eigenvalue weighted by Crippen LogP contribution is -2.05. The normalized spacial score (nSPS) is 11.2. The minimum atomic E-state index is -4.27. The number of benzene rings is 2. The monoisotopic (exact) mass is 289 g/mol. The largest absolute Gasteiger partial charge is 0.399 e. The Morgan fingerprint density at radius 2 is 1.85 bits per heavy atom. The molecular weight excluding hydrogens is 274 g/mol. The smallest absolute Gasteiger partial charge is 0.294 e. The van der Waals surface area contributed by atoms with Crippen molar-refractivity contribution in [3.8, 4) is 0 Å². The van der Waals surface area contributed by atoms with Crippen LogP contribution in [-0.2, 0) is 16.5 Å². The van der Waals surface area contributed by atoms with Crippen LogP contribution in [0.1, 0.15) is 16.7 Å². The molecule has 3 N–H and O–H groups in total. The molecule has 0 atom stereocenters. The Bertz CT molecular complexity index is 751. The fraction of sp³-hybridized carbons (Fsp3) is 0.0667. The van der Waals surface area contributed by atoms with Crippen molar-refractivity contribution >= 4 is 21.9 Å². The van der Waals surface area contributed by atoms with Gasteiger partial charge in [-0.25, -0.2) is 0 Å². The summed E-state index contributed by atoms with van der Waals surface area (Å²) in [6, 6.07) is 11.8. The summed E-state index contributed by atoms with van der Waals surface area (Å²) in [5.74, 6) is 0. The molecule has 0 saturated heterocycles. The van der Waals surface area contributed by atoms with E-state index in [1.54, 1.807) is 12.1 Å². The zero-order chi connectivity index (χ0) is 14.8. The SMILES string of the molecule is C=Cc1ccccc1Cc1cc(N)ccc1S(=O)(=O)O. The van der Waals surface area contributed by atoms with Crippen LogP contribution in [0.4, 0.5) is 5.69 Å². The van der Waals surface area contributed by atoms with Crippen LogP contribution in [0.15, 0.2) is 53.9 Å². The summed E-state index contributed by atoms with van der Waals surface area (Å²) in [7, 11) is -4.27. The Kier molecular flexibility index (Phi) is 3.92. The number of hydrogen-bond acceptors (Lipinski definition) is 3. The number of nitrogen functional groups attached to an aromatic ring is 1. The average Bonchev–Trinajstić information content (AvgIpc) is 2.38. The van der Waals surface area contributed by atoms with Gasteiger partial charge in [0, 0.05) is 5.69 Å². The quantitative estimate of drug-likeness (QED) is 0.670. The Labute approximate surface area is 118 Å². The van der Waals surface area contributed by atoms with Crippen molar-refractivity contribution in [2.45, 2.75) is 11.3 Å². The maximum absolute atomic E-state index is 11.4. The fourth-order valence-electron chi connectivity index (χ4n) is 2.09. The first kappa shape index (κ1) is 14.3. The lowest BCUT2D eigenvalue weighted by molar-refractivity contribution is 0.482. The number of nitrogens with two attached hydrogens (primary N) is 1. The molecule has 0 saturated carbocycles. The number of anilines is 1. The van der Waals surface area contributed by atoms with Gasteiger partial charge in [-0.15, -0.1) is 0 Å². The third-order valence-electron chi connectivity index (χ3n) is 3.02. The topological polar surface area (TPSA) is 80.4 Å². The fourth-order valence-corrected chi connectivity index (χ4v) is 2.79. The molecule has 0 bridgehead atoms. The molecule has 104 valence electrons. The lowest BCUT2D eigenvalue weighted by atomic mass is 9.99. The molecule has 2 aromatic rings. The molecule has 0 aliphatic carbocycles. The van der Waals surface area contributed by atoms with E-state index < -0.39 is 10.1 Å². The molecule has 0 aliphatic rings. The molecular formula is C15H15NO3S. The summed E-state index contributed by atoms with van der Waals surface area (Å²) < 4.78 is 32.1. The van der Waals surface area contributed by atoms with E-state index in [4.69, 9.17) is 5.73 Å². The van der Waals surface area contributed by atoms with Gasteiger partial charge < -0.3 is 5.73 Å². The number of rotatable bonds is 4. The molecule has 0 unspecified atom stereocenters. The van der Waals surface area contributed by atoms with Gasteiger partial charge in [0.05, 0.1) is 4.90 Å². The number of hydrogen-bond donors (Lipinski definition) is 2. The summed E-state index contributed by atoms with van der Waals surface area (Å²) in [4.78, 5) is -0.120. The molecule has 0 aromatic heterocycles. The highest BCUT2D eigenvalue weighted by Crippen LogP contribution is 2.23. The van der Waals surface area contributed by atoms with Crippen molar-refractivity contribution in [2.75, 3.05) is 5.73 Å². The van der Waals surface area contributed by atoms with Crippen molar-refractivity contribution in [1.82, 2.24) is 0 Å². The first-order valence-corrected chi connectivity index (χ1v) is 7.42. The molecule has 5 heteroatoms. The zero-order valence-electron chi connectivity index (χ0n) is 10.8.